The number of hydrogen-bond donors (Lipinski definition) is 0. The maximum absolute atomic E-state index is 12.3. The second-order valence-electron chi connectivity index (χ2n) is 7.10. The molecular weight excluding hydrogens is 276 g/mol. The van der Waals surface area contributed by atoms with Crippen LogP contribution in [0.25, 0.3) is 0 Å². The van der Waals surface area contributed by atoms with Crippen LogP contribution >= 0.6 is 0 Å². The van der Waals surface area contributed by atoms with Gasteiger partial charge >= 0.3 is 5.97 Å². The smallest absolute Gasteiger partial charge is 0.310 e. The van der Waals surface area contributed by atoms with Crippen LogP contribution in [0.1, 0.15) is 58.3 Å². The zero-order valence-electron chi connectivity index (χ0n) is 14.6. The normalized spacial score (nSPS) is 25.3. The first-order valence-electron chi connectivity index (χ1n) is 9.30. The second kappa shape index (κ2) is 9.51. The van der Waals surface area contributed by atoms with Gasteiger partial charge in [-0.15, -0.1) is 0 Å². The van der Waals surface area contributed by atoms with E-state index in [1.165, 1.54) is 45.2 Å². The van der Waals surface area contributed by atoms with Crippen molar-refractivity contribution in [1.82, 2.24) is 9.80 Å². The maximum Gasteiger partial charge on any atom is 0.310 e. The van der Waals surface area contributed by atoms with Gasteiger partial charge in [-0.1, -0.05) is 26.2 Å². The summed E-state index contributed by atoms with van der Waals surface area (Å²) >= 11 is 0. The van der Waals surface area contributed by atoms with Gasteiger partial charge in [-0.2, -0.15) is 0 Å². The first kappa shape index (κ1) is 17.7. The Kier molecular flexibility index (Phi) is 7.67. The van der Waals surface area contributed by atoms with Crippen molar-refractivity contribution in [3.63, 3.8) is 0 Å². The number of esters is 1. The molecular formula is C18H34N2O2. The lowest BCUT2D eigenvalue weighted by atomic mass is 9.94. The average molecular weight is 310 g/mol. The van der Waals surface area contributed by atoms with Crippen molar-refractivity contribution in [2.45, 2.75) is 64.3 Å². The number of piperidine rings is 2. The third-order valence-electron chi connectivity index (χ3n) is 5.23. The molecule has 1 unspecified atom stereocenters. The minimum atomic E-state index is 0.0501. The molecule has 2 heterocycles. The van der Waals surface area contributed by atoms with E-state index in [1.807, 2.05) is 0 Å². The van der Waals surface area contributed by atoms with E-state index in [9.17, 15) is 4.79 Å². The fourth-order valence-electron chi connectivity index (χ4n) is 3.71. The highest BCUT2D eigenvalue weighted by atomic mass is 16.5. The molecule has 2 fully saturated rings. The first-order valence-corrected chi connectivity index (χ1v) is 9.30. The number of ether oxygens (including phenoxy) is 1. The molecule has 2 aliphatic heterocycles. The van der Waals surface area contributed by atoms with E-state index >= 15 is 0 Å². The molecule has 0 spiro atoms. The topological polar surface area (TPSA) is 32.8 Å². The monoisotopic (exact) mass is 310 g/mol. The molecule has 0 bridgehead atoms. The zero-order valence-corrected chi connectivity index (χ0v) is 14.6. The Morgan fingerprint density at radius 1 is 1.09 bits per heavy atom. The second-order valence-corrected chi connectivity index (χ2v) is 7.10. The number of carbonyl (C=O) groups is 1. The minimum absolute atomic E-state index is 0.0501. The predicted octanol–water partition coefficient (Wildman–Crippen LogP) is 2.92. The average Bonchev–Trinajstić information content (AvgIpc) is 2.55. The maximum atomic E-state index is 12.3. The van der Waals surface area contributed by atoms with E-state index in [0.29, 0.717) is 12.6 Å². The third-order valence-corrected chi connectivity index (χ3v) is 5.23. The van der Waals surface area contributed by atoms with Gasteiger partial charge in [0.2, 0.25) is 0 Å². The van der Waals surface area contributed by atoms with Crippen molar-refractivity contribution in [2.24, 2.45) is 5.92 Å². The summed E-state index contributed by atoms with van der Waals surface area (Å²) in [5, 5.41) is 0. The van der Waals surface area contributed by atoms with Crippen LogP contribution in [0.15, 0.2) is 0 Å². The highest BCUT2D eigenvalue weighted by molar-refractivity contribution is 5.72. The summed E-state index contributed by atoms with van der Waals surface area (Å²) in [6, 6.07) is 0.677. The Hall–Kier alpha value is -0.610. The van der Waals surface area contributed by atoms with Crippen LogP contribution in [0, 0.1) is 5.92 Å². The molecule has 0 aromatic rings. The molecule has 22 heavy (non-hydrogen) atoms. The summed E-state index contributed by atoms with van der Waals surface area (Å²) < 4.78 is 5.51. The molecule has 0 aromatic carbocycles. The number of likely N-dealkylation sites (tertiary alicyclic amines) is 2. The molecule has 0 aliphatic carbocycles. The number of carbonyl (C=O) groups excluding carboxylic acids is 1. The van der Waals surface area contributed by atoms with Gasteiger partial charge in [0.1, 0.15) is 0 Å². The van der Waals surface area contributed by atoms with E-state index < -0.39 is 0 Å². The molecule has 2 rings (SSSR count). The van der Waals surface area contributed by atoms with E-state index in [2.05, 4.69) is 23.8 Å². The Bertz CT molecular complexity index is 327. The highest BCUT2D eigenvalue weighted by Crippen LogP contribution is 2.24. The fourth-order valence-corrected chi connectivity index (χ4v) is 3.71. The first-order chi connectivity index (χ1) is 10.7. The fraction of sp³-hybridized carbons (Fsp3) is 0.944. The summed E-state index contributed by atoms with van der Waals surface area (Å²) in [6.07, 6.45) is 9.30. The standard InChI is InChI=1S/C18H34N2O2/c1-3-4-5-6-14-22-18(21)16-8-7-11-20(15-16)17-9-12-19(2)13-10-17/h16-17H,3-15H2,1-2H3. The van der Waals surface area contributed by atoms with Gasteiger partial charge in [-0.25, -0.2) is 0 Å². The highest BCUT2D eigenvalue weighted by Gasteiger charge is 2.31. The van der Waals surface area contributed by atoms with Crippen LogP contribution < -0.4 is 0 Å². The summed E-state index contributed by atoms with van der Waals surface area (Å²) in [4.78, 5) is 17.2. The molecule has 1 atom stereocenters. The number of unbranched alkanes of at least 4 members (excludes halogenated alkanes) is 3. The van der Waals surface area contributed by atoms with Gasteiger partial charge in [-0.05, 0) is 58.8 Å². The molecule has 4 nitrogen and oxygen atoms in total. The molecule has 4 heteroatoms. The van der Waals surface area contributed by atoms with Crippen molar-refractivity contribution in [1.29, 1.82) is 0 Å². The van der Waals surface area contributed by atoms with Crippen LogP contribution in [0.3, 0.4) is 0 Å². The van der Waals surface area contributed by atoms with Crippen LogP contribution in [0.4, 0.5) is 0 Å². The Morgan fingerprint density at radius 3 is 2.59 bits per heavy atom. The van der Waals surface area contributed by atoms with Crippen molar-refractivity contribution in [2.75, 3.05) is 39.8 Å². The molecule has 2 saturated heterocycles. The summed E-state index contributed by atoms with van der Waals surface area (Å²) in [7, 11) is 2.20. The number of nitrogens with zero attached hydrogens (tertiary/aromatic N) is 2. The lowest BCUT2D eigenvalue weighted by Crippen LogP contribution is -2.49. The van der Waals surface area contributed by atoms with Gasteiger partial charge < -0.3 is 9.64 Å². The zero-order chi connectivity index (χ0) is 15.8. The summed E-state index contributed by atoms with van der Waals surface area (Å²) in [5.74, 6) is 0.161. The molecule has 0 amide bonds. The van der Waals surface area contributed by atoms with Crippen LogP contribution in [-0.2, 0) is 9.53 Å². The molecule has 0 saturated carbocycles. The molecule has 0 aromatic heterocycles. The summed E-state index contributed by atoms with van der Waals surface area (Å²) in [5.41, 5.74) is 0. The lowest BCUT2D eigenvalue weighted by molar-refractivity contribution is -0.151. The predicted molar refractivity (Wildman–Crippen MR) is 89.9 cm³/mol. The Balaban J connectivity index is 1.69. The van der Waals surface area contributed by atoms with E-state index in [1.54, 1.807) is 0 Å². The van der Waals surface area contributed by atoms with Crippen molar-refractivity contribution < 1.29 is 9.53 Å². The van der Waals surface area contributed by atoms with Gasteiger partial charge in [0.25, 0.3) is 0 Å². The molecule has 2 aliphatic rings. The minimum Gasteiger partial charge on any atom is -0.465 e. The SMILES string of the molecule is CCCCCCOC(=O)C1CCCN(C2CCN(C)CC2)C1. The number of hydrogen-bond acceptors (Lipinski definition) is 4. The lowest BCUT2D eigenvalue weighted by Gasteiger charge is -2.41. The van der Waals surface area contributed by atoms with Crippen LogP contribution in [0.2, 0.25) is 0 Å². The van der Waals surface area contributed by atoms with Crippen molar-refractivity contribution >= 4 is 5.97 Å². The summed E-state index contributed by atoms with van der Waals surface area (Å²) in [6.45, 7) is 7.27. The molecule has 128 valence electrons. The van der Waals surface area contributed by atoms with Gasteiger partial charge in [-0.3, -0.25) is 9.69 Å². The molecule has 0 radical (unpaired) electrons. The Labute approximate surface area is 136 Å². The van der Waals surface area contributed by atoms with Crippen LogP contribution in [-0.4, -0.2) is 61.6 Å². The largest absolute Gasteiger partial charge is 0.465 e. The van der Waals surface area contributed by atoms with Gasteiger partial charge in [0, 0.05) is 12.6 Å². The van der Waals surface area contributed by atoms with Gasteiger partial charge in [0.15, 0.2) is 0 Å². The van der Waals surface area contributed by atoms with E-state index in [4.69, 9.17) is 4.74 Å². The van der Waals surface area contributed by atoms with Crippen molar-refractivity contribution in [3.05, 3.63) is 0 Å². The van der Waals surface area contributed by atoms with E-state index in [0.717, 1.165) is 32.4 Å². The Morgan fingerprint density at radius 2 is 1.86 bits per heavy atom. The van der Waals surface area contributed by atoms with E-state index in [-0.39, 0.29) is 11.9 Å². The van der Waals surface area contributed by atoms with Gasteiger partial charge in [0.05, 0.1) is 12.5 Å². The quantitative estimate of drug-likeness (QED) is 0.535. The third kappa shape index (κ3) is 5.54. The molecule has 0 N–H and O–H groups in total. The van der Waals surface area contributed by atoms with Crippen molar-refractivity contribution in [3.8, 4) is 0 Å². The van der Waals surface area contributed by atoms with Crippen LogP contribution in [0.5, 0.6) is 0 Å². The number of rotatable bonds is 7.